The fourth-order valence-corrected chi connectivity index (χ4v) is 19.4. The molecule has 8 N–H and O–H groups in total. The third-order valence-electron chi connectivity index (χ3n) is 27.1. The highest BCUT2D eigenvalue weighted by Gasteiger charge is 2.51. The summed E-state index contributed by atoms with van der Waals surface area (Å²) in [6.45, 7) is 24.7. The second-order valence-electron chi connectivity index (χ2n) is 36.3. The van der Waals surface area contributed by atoms with Crippen molar-refractivity contribution >= 4 is 47.5 Å². The molecule has 0 unspecified atom stereocenters. The van der Waals surface area contributed by atoms with Crippen LogP contribution in [0.2, 0.25) is 0 Å². The van der Waals surface area contributed by atoms with Crippen molar-refractivity contribution in [3.63, 3.8) is 0 Å². The number of rotatable bonds is 47. The maximum atomic E-state index is 13.2. The summed E-state index contributed by atoms with van der Waals surface area (Å²) in [5.74, 6) is 1.21. The van der Waals surface area contributed by atoms with E-state index in [2.05, 4.69) is 48.1 Å². The molecule has 5 aliphatic heterocycles. The van der Waals surface area contributed by atoms with E-state index in [0.717, 1.165) is 134 Å². The third-order valence-corrected chi connectivity index (χ3v) is 27.1. The lowest BCUT2D eigenvalue weighted by molar-refractivity contribution is -0.144. The van der Waals surface area contributed by atoms with Crippen molar-refractivity contribution in [3.05, 3.63) is 229 Å². The number of para-hydroxylation sites is 5. The minimum atomic E-state index is -0.895. The summed E-state index contributed by atoms with van der Waals surface area (Å²) in [5, 5.41) is 45.9. The number of ether oxygens (including phenoxy) is 10. The number of carbonyl (C=O) groups is 8. The lowest BCUT2D eigenvalue weighted by Crippen LogP contribution is -2.44. The summed E-state index contributed by atoms with van der Waals surface area (Å²) in [4.78, 5) is 112. The molecular weight excluding hydrogens is 1850 g/mol. The van der Waals surface area contributed by atoms with Crippen LogP contribution >= 0.6 is 0 Å². The number of nitrogens with one attached hydrogen (secondary N) is 2. The van der Waals surface area contributed by atoms with E-state index in [4.69, 9.17) is 53.1 Å². The molecule has 5 heterocycles. The average molecular weight is 2010 g/mol. The van der Waals surface area contributed by atoms with E-state index in [1.54, 1.807) is 49.8 Å². The van der Waals surface area contributed by atoms with Crippen LogP contribution in [0.25, 0.3) is 0 Å². The van der Waals surface area contributed by atoms with Crippen LogP contribution in [-0.2, 0) is 38.4 Å². The Balaban J connectivity index is 0.000000243. The molecule has 12 atom stereocenters. The monoisotopic (exact) mass is 2010 g/mol. The van der Waals surface area contributed by atoms with Gasteiger partial charge in [0.05, 0.1) is 106 Å². The minimum absolute atomic E-state index is 0.0311. The highest BCUT2D eigenvalue weighted by molar-refractivity contribution is 5.82. The van der Waals surface area contributed by atoms with Crippen LogP contribution in [0.3, 0.4) is 0 Å². The maximum absolute atomic E-state index is 13.2. The predicted molar refractivity (Wildman–Crippen MR) is 564 cm³/mol. The first kappa shape index (κ1) is 119. The van der Waals surface area contributed by atoms with E-state index in [0.29, 0.717) is 108 Å². The van der Waals surface area contributed by atoms with Gasteiger partial charge in [0, 0.05) is 113 Å². The van der Waals surface area contributed by atoms with E-state index in [9.17, 15) is 58.8 Å². The predicted octanol–water partition coefficient (Wildman–Crippen LogP) is 17.0. The number of hydrogen-bond acceptors (Lipinski definition) is 23. The third kappa shape index (κ3) is 37.4. The van der Waals surface area contributed by atoms with Gasteiger partial charge in [-0.3, -0.25) is 58.0 Å². The van der Waals surface area contributed by atoms with Crippen LogP contribution in [0.5, 0.6) is 57.5 Å². The van der Waals surface area contributed by atoms with Crippen molar-refractivity contribution in [3.8, 4) is 57.5 Å². The molecule has 0 aromatic heterocycles. The number of likely N-dealkylation sites (tertiary alicyclic amines) is 4. The van der Waals surface area contributed by atoms with Gasteiger partial charge in [0.15, 0.2) is 23.0 Å². The molecule has 4 fully saturated rings. The average Bonchev–Trinajstić information content (AvgIpc) is 1.65. The van der Waals surface area contributed by atoms with Crippen molar-refractivity contribution in [2.75, 3.05) is 161 Å². The van der Waals surface area contributed by atoms with Crippen LogP contribution in [0.4, 0.5) is 0 Å². The van der Waals surface area contributed by atoms with Crippen molar-refractivity contribution in [2.24, 2.45) is 29.4 Å². The fourth-order valence-electron chi connectivity index (χ4n) is 19.4. The zero-order valence-corrected chi connectivity index (χ0v) is 87.9. The Morgan fingerprint density at radius 3 is 1.01 bits per heavy atom. The summed E-state index contributed by atoms with van der Waals surface area (Å²) in [6, 6.07) is 63.9. The number of carboxylic acid groups (broad SMARTS) is 4. The number of nitrogens with two attached hydrogens (primary N) is 1. The summed E-state index contributed by atoms with van der Waals surface area (Å²) < 4.78 is 52.7. The highest BCUT2D eigenvalue weighted by atomic mass is 16.7. The first-order valence-corrected chi connectivity index (χ1v) is 51.3. The number of carbonyl (C=O) groups excluding carboxylic acids is 4. The smallest absolute Gasteiger partial charge is 0.308 e. The number of hydrogen-bond donors (Lipinski definition) is 7. The Labute approximate surface area is 859 Å². The Morgan fingerprint density at radius 1 is 0.352 bits per heavy atom. The number of aliphatic carboxylic acids is 4. The summed E-state index contributed by atoms with van der Waals surface area (Å²) in [7, 11) is 11.4. The summed E-state index contributed by atoms with van der Waals surface area (Å²) >= 11 is 0. The molecule has 8 aromatic carbocycles. The largest absolute Gasteiger partial charge is 0.497 e. The number of likely N-dealkylation sites (N-methyl/N-ethyl adjacent to an activating group) is 1. The van der Waals surface area contributed by atoms with Gasteiger partial charge in [-0.2, -0.15) is 0 Å². The van der Waals surface area contributed by atoms with Crippen LogP contribution in [0.1, 0.15) is 191 Å². The molecule has 31 nitrogen and oxygen atoms in total. The first-order valence-electron chi connectivity index (χ1n) is 51.3. The van der Waals surface area contributed by atoms with E-state index in [1.165, 1.54) is 0 Å². The van der Waals surface area contributed by atoms with Gasteiger partial charge in [-0.05, 0) is 197 Å². The molecule has 794 valence electrons. The molecule has 0 spiro atoms. The van der Waals surface area contributed by atoms with Gasteiger partial charge in [0.2, 0.25) is 30.4 Å². The molecule has 0 bridgehead atoms. The molecule has 145 heavy (non-hydrogen) atoms. The van der Waals surface area contributed by atoms with Gasteiger partial charge in [-0.1, -0.05) is 183 Å². The number of unbranched alkanes of at least 4 members (excludes halogenated alkanes) is 5. The van der Waals surface area contributed by atoms with Gasteiger partial charge in [0.25, 0.3) is 0 Å². The van der Waals surface area contributed by atoms with Gasteiger partial charge < -0.3 is 94.0 Å². The van der Waals surface area contributed by atoms with Crippen LogP contribution in [0.15, 0.2) is 206 Å². The topological polar surface area (TPSA) is 379 Å². The SMILES string of the molecule is CCCCN(CC)C(=O)CN1C[C@H](c2ccc(OC)cc2)[C@@H](C(=O)O)[C@@H]1CC.CCCCN(CCCCN)C(=O)CN1C[C@H](c2ccc(OC)cc2)[C@@H](C(=O)O)[C@@H]1CC.CCCCNC(=O)CN1C[C@H](c2ccc(OC)cc2)[C@@H](C(=O)O)[C@@H]1CC.CCCCNC(=O)CN1C[C@H](c2ccc3c(c2)OCO3)[C@@H](C(=O)O)[C@@H]1CCOc1ccccc1OC.COc1ccccc1.COc1ccccc1.COc1ccccc1. The molecule has 13 rings (SSSR count). The molecule has 4 amide bonds. The van der Waals surface area contributed by atoms with Crippen LogP contribution < -0.4 is 63.7 Å². The number of methoxy groups -OCH3 is 7. The number of amides is 4. The highest BCUT2D eigenvalue weighted by Crippen LogP contribution is 2.46. The quantitative estimate of drug-likeness (QED) is 0.0174. The normalized spacial score (nSPS) is 19.5. The van der Waals surface area contributed by atoms with E-state index in [-0.39, 0.29) is 111 Å². The van der Waals surface area contributed by atoms with Crippen LogP contribution in [-0.4, -0.2) is 283 Å². The van der Waals surface area contributed by atoms with E-state index < -0.39 is 47.5 Å². The molecule has 0 radical (unpaired) electrons. The zero-order chi connectivity index (χ0) is 106. The Kier molecular flexibility index (Phi) is 54.0. The van der Waals surface area contributed by atoms with Gasteiger partial charge in [-0.25, -0.2) is 0 Å². The number of benzene rings is 8. The molecule has 31 heteroatoms. The number of fused-ring (bicyclic) bond motifs is 1. The molecule has 4 saturated heterocycles. The number of nitrogens with zero attached hydrogens (tertiary/aromatic N) is 6. The van der Waals surface area contributed by atoms with Crippen molar-refractivity contribution in [1.29, 1.82) is 0 Å². The number of carboxylic acids is 4. The molecular formula is C114H161N9O22. The second-order valence-corrected chi connectivity index (χ2v) is 36.3. The zero-order valence-electron chi connectivity index (χ0n) is 87.9. The van der Waals surface area contributed by atoms with Crippen molar-refractivity contribution in [2.45, 2.75) is 193 Å². The van der Waals surface area contributed by atoms with Gasteiger partial charge >= 0.3 is 23.9 Å². The Bertz CT molecular complexity index is 4980. The summed E-state index contributed by atoms with van der Waals surface area (Å²) in [6.07, 6.45) is 12.3. The molecule has 0 aliphatic carbocycles. The molecule has 5 aliphatic rings. The summed E-state index contributed by atoms with van der Waals surface area (Å²) in [5.41, 5.74) is 9.42. The van der Waals surface area contributed by atoms with E-state index in [1.807, 2.05) is 254 Å². The van der Waals surface area contributed by atoms with Gasteiger partial charge in [-0.15, -0.1) is 0 Å². The fraction of sp³-hybridized carbons (Fsp3) is 0.509. The molecule has 0 saturated carbocycles. The van der Waals surface area contributed by atoms with Crippen molar-refractivity contribution < 1.29 is 106 Å². The standard InChI is InChI=1S/C27H34N2O7.C24H39N3O4.C22H34N2O4.C20H30N2O4.3C7H8O/c1-3-4-12-28-25(30)16-29-15-19(18-9-10-23-24(14-18)36-17-35-23)26(27(31)32)20(29)11-13-34-22-8-6-5-7-21(22)33-2;1-4-6-14-26(15-8-7-13-25)22(28)17-27-16-20(23(24(29)30)21(27)5-2)18-9-11-19(31-3)12-10-18;1-5-8-13-23(7-3)20(25)15-24-14-18(21(22(26)27)19(24)6-2)16-9-11-17(28-4)12-10-16;1-4-6-11-21-18(23)13-22-12-16(19(20(24)25)17(22)5-2)14-7-9-15(26-3)10-8-14;3*1-8-7-5-3-2-4-6-7/h5-10,14,19-20,26H,3-4,11-13,15-17H2,1-2H3,(H,28,30)(H,31,32);9-12,20-21,23H,4-8,13-17,25H2,1-3H3,(H,29,30);9-12,18-19,21H,5-8,13-15H2,1-4H3,(H,26,27);7-10,16-17,19H,4-6,11-13H2,1-3H3,(H,21,23)(H,24,25);3*2-6H,1H3/t19-,20+,26-;20-,21+,23-;18-,19+,21-;16-,17+,19-;;;/m1111.../s1. The molecule has 8 aromatic rings. The van der Waals surface area contributed by atoms with Crippen LogP contribution in [0, 0.1) is 23.7 Å². The van der Waals surface area contributed by atoms with Gasteiger partial charge in [0.1, 0.15) is 34.5 Å². The Hall–Kier alpha value is -12.7. The lowest BCUT2D eigenvalue weighted by atomic mass is 9.84. The first-order chi connectivity index (χ1) is 70.2. The lowest BCUT2D eigenvalue weighted by Gasteiger charge is -2.29. The second kappa shape index (κ2) is 65.6. The Morgan fingerprint density at radius 2 is 0.669 bits per heavy atom. The minimum Gasteiger partial charge on any atom is -0.497 e. The van der Waals surface area contributed by atoms with E-state index >= 15 is 0 Å². The maximum Gasteiger partial charge on any atom is 0.308 e. The van der Waals surface area contributed by atoms with Crippen molar-refractivity contribution in [1.82, 2.24) is 40.0 Å².